The monoisotopic (exact) mass is 290 g/mol. The number of hydrogen-bond acceptors (Lipinski definition) is 2. The minimum Gasteiger partial charge on any atom is -0.466 e. The maximum absolute atomic E-state index is 10.8. The Bertz CT molecular complexity index is 183. The van der Waals surface area contributed by atoms with E-state index < -0.39 is 6.00 Å². The normalized spacial score (nSPS) is 11.5. The molecule has 0 saturated heterocycles. The van der Waals surface area contributed by atoms with Gasteiger partial charge in [-0.25, -0.2) is 0 Å². The van der Waals surface area contributed by atoms with Gasteiger partial charge in [-0.15, -0.1) is 33.2 Å². The zero-order valence-corrected chi connectivity index (χ0v) is 12.2. The van der Waals surface area contributed by atoms with Crippen LogP contribution in [0, 0.1) is 0 Å². The van der Waals surface area contributed by atoms with Crippen molar-refractivity contribution in [2.24, 2.45) is 0 Å². The van der Waals surface area contributed by atoms with Gasteiger partial charge in [-0.2, -0.15) is 0 Å². The van der Waals surface area contributed by atoms with E-state index >= 15 is 0 Å². The summed E-state index contributed by atoms with van der Waals surface area (Å²) in [5, 5.41) is 0. The molecule has 0 rings (SSSR count). The van der Waals surface area contributed by atoms with Crippen molar-refractivity contribution in [1.82, 2.24) is 0 Å². The van der Waals surface area contributed by atoms with Gasteiger partial charge in [0.1, 0.15) is 0 Å². The number of halogens is 3. The number of esters is 1. The van der Waals surface area contributed by atoms with Crippen molar-refractivity contribution in [3.63, 3.8) is 0 Å². The van der Waals surface area contributed by atoms with Gasteiger partial charge in [0, 0.05) is 6.42 Å². The van der Waals surface area contributed by atoms with E-state index in [0.717, 1.165) is 25.7 Å². The average molecular weight is 292 g/mol. The molecule has 0 radical (unpaired) electrons. The molecule has 0 aliphatic rings. The molecule has 0 spiro atoms. The van der Waals surface area contributed by atoms with Crippen molar-refractivity contribution in [2.75, 3.05) is 6.61 Å². The van der Waals surface area contributed by atoms with Gasteiger partial charge < -0.3 is 4.74 Å². The molecule has 0 heterocycles. The Hall–Kier alpha value is 0.557. The van der Waals surface area contributed by atoms with E-state index in [1.54, 1.807) is 6.92 Å². The quantitative estimate of drug-likeness (QED) is 0.290. The first-order valence-electron chi connectivity index (χ1n) is 5.18. The van der Waals surface area contributed by atoms with E-state index in [2.05, 4.69) is 0 Å². The smallest absolute Gasteiger partial charge is 0.341 e. The summed E-state index contributed by atoms with van der Waals surface area (Å²) in [6, 6.07) is -1.70. The van der Waals surface area contributed by atoms with Gasteiger partial charge in [0.05, 0.1) is 6.61 Å². The summed E-state index contributed by atoms with van der Waals surface area (Å²) >= 11 is 17.2. The van der Waals surface area contributed by atoms with Crippen molar-refractivity contribution >= 4 is 45.2 Å². The van der Waals surface area contributed by atoms with E-state index in [4.69, 9.17) is 38.0 Å². The molecule has 0 aliphatic heterocycles. The van der Waals surface area contributed by atoms with Gasteiger partial charge in [0.15, 0.2) is 0 Å². The summed E-state index contributed by atoms with van der Waals surface area (Å²) in [6.45, 7) is 2.30. The lowest BCUT2D eigenvalue weighted by Gasteiger charge is -2.07. The molecule has 0 N–H and O–H groups in total. The molecule has 0 aromatic heterocycles. The molecule has 0 amide bonds. The molecule has 0 saturated carbocycles. The van der Waals surface area contributed by atoms with Crippen LogP contribution in [0.2, 0.25) is 6.04 Å². The fourth-order valence-corrected chi connectivity index (χ4v) is 2.92. The molecule has 0 bridgehead atoms. The van der Waals surface area contributed by atoms with Crippen LogP contribution in [0.1, 0.15) is 39.0 Å². The van der Waals surface area contributed by atoms with Crippen LogP contribution in [0.3, 0.4) is 0 Å². The van der Waals surface area contributed by atoms with Crippen molar-refractivity contribution in [3.8, 4) is 0 Å². The van der Waals surface area contributed by atoms with Gasteiger partial charge in [0.2, 0.25) is 0 Å². The highest BCUT2D eigenvalue weighted by Crippen LogP contribution is 2.27. The van der Waals surface area contributed by atoms with Crippen LogP contribution in [0.25, 0.3) is 0 Å². The van der Waals surface area contributed by atoms with Gasteiger partial charge >= 0.3 is 12.0 Å². The third kappa shape index (κ3) is 12.5. The molecule has 2 nitrogen and oxygen atoms in total. The number of carbonyl (C=O) groups is 1. The molecule has 0 aliphatic carbocycles. The lowest BCUT2D eigenvalue weighted by atomic mass is 10.2. The fraction of sp³-hybridized carbons (Fsp3) is 0.889. The molecular formula is C9H17Cl3O2Si. The topological polar surface area (TPSA) is 26.3 Å². The number of unbranched alkanes of at least 4 members (excludes halogenated alkanes) is 3. The lowest BCUT2D eigenvalue weighted by Crippen LogP contribution is -2.08. The summed E-state index contributed by atoms with van der Waals surface area (Å²) in [4.78, 5) is 10.8. The zero-order valence-electron chi connectivity index (χ0n) is 8.90. The molecule has 15 heavy (non-hydrogen) atoms. The number of hydrogen-bond donors (Lipinski definition) is 0. The minimum absolute atomic E-state index is 0.135. The van der Waals surface area contributed by atoms with Gasteiger partial charge in [-0.3, -0.25) is 4.79 Å². The maximum atomic E-state index is 10.8. The third-order valence-electron chi connectivity index (χ3n) is 1.91. The Kier molecular flexibility index (Phi) is 9.00. The predicted molar refractivity (Wildman–Crippen MR) is 67.8 cm³/mol. The zero-order chi connectivity index (χ0) is 11.7. The minimum atomic E-state index is -2.42. The molecule has 0 aromatic rings. The van der Waals surface area contributed by atoms with Crippen molar-refractivity contribution < 1.29 is 9.53 Å². The van der Waals surface area contributed by atoms with E-state index in [1.807, 2.05) is 0 Å². The summed E-state index contributed by atoms with van der Waals surface area (Å²) < 4.78 is 4.93. The van der Waals surface area contributed by atoms with Gasteiger partial charge in [0.25, 0.3) is 0 Å². The first-order chi connectivity index (χ1) is 6.95. The average Bonchev–Trinajstić information content (AvgIpc) is 2.14. The Morgan fingerprint density at radius 2 is 1.73 bits per heavy atom. The summed E-state index contributed by atoms with van der Waals surface area (Å²) in [7, 11) is 0. The van der Waals surface area contributed by atoms with Gasteiger partial charge in [-0.1, -0.05) is 26.2 Å². The van der Waals surface area contributed by atoms with Crippen molar-refractivity contribution in [2.45, 2.75) is 45.1 Å². The van der Waals surface area contributed by atoms with Crippen LogP contribution in [0.5, 0.6) is 0 Å². The molecule has 0 aromatic carbocycles. The Morgan fingerprint density at radius 1 is 1.13 bits per heavy atom. The van der Waals surface area contributed by atoms with Crippen LogP contribution in [-0.4, -0.2) is 18.6 Å². The van der Waals surface area contributed by atoms with Gasteiger partial charge in [-0.05, 0) is 12.5 Å². The summed E-state index contributed by atoms with van der Waals surface area (Å²) in [6.07, 6.45) is 4.34. The summed E-state index contributed by atoms with van der Waals surface area (Å²) in [5.74, 6) is -0.135. The third-order valence-corrected chi connectivity index (χ3v) is 4.53. The highest BCUT2D eigenvalue weighted by Gasteiger charge is 2.23. The van der Waals surface area contributed by atoms with Crippen LogP contribution in [-0.2, 0) is 9.53 Å². The Morgan fingerprint density at radius 3 is 2.27 bits per heavy atom. The predicted octanol–water partition coefficient (Wildman–Crippen LogP) is 4.16. The Labute approximate surface area is 106 Å². The van der Waals surface area contributed by atoms with Crippen LogP contribution in [0.15, 0.2) is 0 Å². The molecule has 0 fully saturated rings. The highest BCUT2D eigenvalue weighted by atomic mass is 35.8. The SMILES string of the molecule is CCC(=O)OCCCCCC[Si](Cl)(Cl)Cl. The van der Waals surface area contributed by atoms with Crippen LogP contribution >= 0.6 is 33.2 Å². The van der Waals surface area contributed by atoms with Crippen molar-refractivity contribution in [1.29, 1.82) is 0 Å². The molecule has 90 valence electrons. The first-order valence-corrected chi connectivity index (χ1v) is 10.4. The van der Waals surface area contributed by atoms with Crippen molar-refractivity contribution in [3.05, 3.63) is 0 Å². The standard InChI is InChI=1S/C9H17Cl3O2Si/c1-2-9(13)14-7-5-3-4-6-8-15(10,11)12/h2-8H2,1H3. The van der Waals surface area contributed by atoms with Crippen LogP contribution in [0.4, 0.5) is 0 Å². The molecule has 6 heteroatoms. The second kappa shape index (κ2) is 8.68. The van der Waals surface area contributed by atoms with E-state index in [-0.39, 0.29) is 5.97 Å². The lowest BCUT2D eigenvalue weighted by molar-refractivity contribution is -0.143. The number of carbonyl (C=O) groups excluding carboxylic acids is 1. The molecular weight excluding hydrogens is 275 g/mol. The molecule has 0 unspecified atom stereocenters. The largest absolute Gasteiger partial charge is 0.466 e. The van der Waals surface area contributed by atoms with E-state index in [9.17, 15) is 4.79 Å². The second-order valence-corrected chi connectivity index (χ2v) is 12.6. The van der Waals surface area contributed by atoms with Crippen LogP contribution < -0.4 is 0 Å². The number of rotatable bonds is 8. The summed E-state index contributed by atoms with van der Waals surface area (Å²) in [5.41, 5.74) is 0. The fourth-order valence-electron chi connectivity index (χ4n) is 1.07. The van der Waals surface area contributed by atoms with E-state index in [1.165, 1.54) is 0 Å². The Balaban J connectivity index is 3.16. The maximum Gasteiger partial charge on any atom is 0.341 e. The molecule has 0 atom stereocenters. The number of ether oxygens (including phenoxy) is 1. The van der Waals surface area contributed by atoms with E-state index in [0.29, 0.717) is 19.1 Å². The first kappa shape index (κ1) is 15.6. The highest BCUT2D eigenvalue weighted by molar-refractivity contribution is 7.64. The second-order valence-electron chi connectivity index (χ2n) is 3.35.